The molecule has 0 bridgehead atoms. The molecule has 0 heterocycles. The molecule has 1 aliphatic rings. The molecular formula is C32H35F. The standard InChI is InChI=1S/C32H35F/c1-3-5-6-7-8-25-9-11-26(12-10-25)15-18-28-19-20-30-23-29(21-22-31(30)32(28)33)27-16-13-24(4-2)14-17-27/h4,9-12,19-24,27H,2-3,5-8,13-14,16-17H2,1H3. The topological polar surface area (TPSA) is 0 Å². The average Bonchev–Trinajstić information content (AvgIpc) is 2.87. The SMILES string of the molecule is C=CC1CCC(c2ccc3c(F)c(C#Cc4ccc(CCCCCC)cc4)ccc3c2)CC1. The Morgan fingerprint density at radius 1 is 0.909 bits per heavy atom. The Morgan fingerprint density at radius 2 is 1.70 bits per heavy atom. The smallest absolute Gasteiger partial charge is 0.146 e. The van der Waals surface area contributed by atoms with Crippen molar-refractivity contribution >= 4 is 10.8 Å². The quantitative estimate of drug-likeness (QED) is 0.196. The van der Waals surface area contributed by atoms with Gasteiger partial charge in [-0.3, -0.25) is 0 Å². The lowest BCUT2D eigenvalue weighted by molar-refractivity contribution is 0.376. The van der Waals surface area contributed by atoms with Crippen molar-refractivity contribution in [1.82, 2.24) is 0 Å². The third-order valence-corrected chi connectivity index (χ3v) is 7.17. The molecule has 0 aliphatic heterocycles. The van der Waals surface area contributed by atoms with Gasteiger partial charge in [0.15, 0.2) is 0 Å². The zero-order chi connectivity index (χ0) is 23.0. The maximum Gasteiger partial charge on any atom is 0.146 e. The number of allylic oxidation sites excluding steroid dienone is 1. The molecule has 0 aromatic heterocycles. The first kappa shape index (κ1) is 23.3. The molecule has 33 heavy (non-hydrogen) atoms. The number of halogens is 1. The highest BCUT2D eigenvalue weighted by molar-refractivity contribution is 5.85. The van der Waals surface area contributed by atoms with Crippen LogP contribution in [0.3, 0.4) is 0 Å². The van der Waals surface area contributed by atoms with E-state index in [2.05, 4.69) is 67.8 Å². The van der Waals surface area contributed by atoms with Crippen molar-refractivity contribution in [3.05, 3.63) is 95.3 Å². The van der Waals surface area contributed by atoms with Gasteiger partial charge < -0.3 is 0 Å². The van der Waals surface area contributed by atoms with Crippen molar-refractivity contribution in [3.8, 4) is 11.8 Å². The number of hydrogen-bond donors (Lipinski definition) is 0. The van der Waals surface area contributed by atoms with Crippen LogP contribution in [-0.2, 0) is 6.42 Å². The van der Waals surface area contributed by atoms with Crippen molar-refractivity contribution in [3.63, 3.8) is 0 Å². The molecular weight excluding hydrogens is 403 g/mol. The lowest BCUT2D eigenvalue weighted by Crippen LogP contribution is -2.11. The fraction of sp³-hybridized carbons (Fsp3) is 0.375. The molecule has 0 radical (unpaired) electrons. The highest BCUT2D eigenvalue weighted by atomic mass is 19.1. The van der Waals surface area contributed by atoms with E-state index in [0.29, 0.717) is 22.8 Å². The number of hydrogen-bond acceptors (Lipinski definition) is 0. The summed E-state index contributed by atoms with van der Waals surface area (Å²) in [4.78, 5) is 0. The number of rotatable bonds is 7. The molecule has 1 saturated carbocycles. The van der Waals surface area contributed by atoms with Crippen LogP contribution in [0.4, 0.5) is 4.39 Å². The van der Waals surface area contributed by atoms with Crippen LogP contribution in [-0.4, -0.2) is 0 Å². The third-order valence-electron chi connectivity index (χ3n) is 7.17. The molecule has 170 valence electrons. The second-order valence-electron chi connectivity index (χ2n) is 9.51. The van der Waals surface area contributed by atoms with Gasteiger partial charge >= 0.3 is 0 Å². The molecule has 1 fully saturated rings. The molecule has 1 aliphatic carbocycles. The van der Waals surface area contributed by atoms with Gasteiger partial charge in [-0.15, -0.1) is 6.58 Å². The molecule has 3 aromatic carbocycles. The predicted octanol–water partition coefficient (Wildman–Crippen LogP) is 8.96. The Balaban J connectivity index is 1.45. The monoisotopic (exact) mass is 438 g/mol. The number of unbranched alkanes of at least 4 members (excludes halogenated alkanes) is 3. The molecule has 0 amide bonds. The second kappa shape index (κ2) is 11.3. The van der Waals surface area contributed by atoms with Gasteiger partial charge in [0.25, 0.3) is 0 Å². The first-order valence-corrected chi connectivity index (χ1v) is 12.6. The van der Waals surface area contributed by atoms with E-state index in [1.807, 2.05) is 18.2 Å². The molecule has 0 spiro atoms. The lowest BCUT2D eigenvalue weighted by Gasteiger charge is -2.27. The van der Waals surface area contributed by atoms with Gasteiger partial charge in [-0.2, -0.15) is 0 Å². The summed E-state index contributed by atoms with van der Waals surface area (Å²) in [5.74, 6) is 7.21. The average molecular weight is 439 g/mol. The second-order valence-corrected chi connectivity index (χ2v) is 9.51. The van der Waals surface area contributed by atoms with Gasteiger partial charge in [0.1, 0.15) is 5.82 Å². The highest BCUT2D eigenvalue weighted by Gasteiger charge is 2.21. The molecule has 4 rings (SSSR count). The van der Waals surface area contributed by atoms with Crippen molar-refractivity contribution in [2.75, 3.05) is 0 Å². The fourth-order valence-corrected chi connectivity index (χ4v) is 5.00. The Labute approximate surface area is 198 Å². The van der Waals surface area contributed by atoms with Gasteiger partial charge in [0.2, 0.25) is 0 Å². The van der Waals surface area contributed by atoms with E-state index in [-0.39, 0.29) is 5.82 Å². The number of aryl methyl sites for hydroxylation is 1. The van der Waals surface area contributed by atoms with E-state index in [1.54, 1.807) is 0 Å². The van der Waals surface area contributed by atoms with E-state index in [4.69, 9.17) is 0 Å². The summed E-state index contributed by atoms with van der Waals surface area (Å²) < 4.78 is 15.2. The summed E-state index contributed by atoms with van der Waals surface area (Å²) in [5, 5.41) is 1.63. The summed E-state index contributed by atoms with van der Waals surface area (Å²) in [6.45, 7) is 6.18. The van der Waals surface area contributed by atoms with Crippen molar-refractivity contribution in [2.24, 2.45) is 5.92 Å². The maximum absolute atomic E-state index is 15.2. The van der Waals surface area contributed by atoms with Crippen LogP contribution in [0.2, 0.25) is 0 Å². The van der Waals surface area contributed by atoms with Crippen LogP contribution in [0.5, 0.6) is 0 Å². The molecule has 0 nitrogen and oxygen atoms in total. The molecule has 1 heteroatoms. The van der Waals surface area contributed by atoms with Gasteiger partial charge in [-0.25, -0.2) is 4.39 Å². The van der Waals surface area contributed by atoms with Crippen LogP contribution < -0.4 is 0 Å². The van der Waals surface area contributed by atoms with Crippen molar-refractivity contribution < 1.29 is 4.39 Å². The summed E-state index contributed by atoms with van der Waals surface area (Å²) in [6, 6.07) is 18.5. The maximum atomic E-state index is 15.2. The summed E-state index contributed by atoms with van der Waals surface area (Å²) >= 11 is 0. The summed E-state index contributed by atoms with van der Waals surface area (Å²) in [5.41, 5.74) is 4.07. The predicted molar refractivity (Wildman–Crippen MR) is 139 cm³/mol. The van der Waals surface area contributed by atoms with E-state index in [9.17, 15) is 0 Å². The van der Waals surface area contributed by atoms with Gasteiger partial charge in [0, 0.05) is 10.9 Å². The fourth-order valence-electron chi connectivity index (χ4n) is 5.00. The lowest BCUT2D eigenvalue weighted by atomic mass is 9.78. The van der Waals surface area contributed by atoms with Gasteiger partial charge in [-0.05, 0) is 85.1 Å². The van der Waals surface area contributed by atoms with Crippen LogP contribution in [0.25, 0.3) is 10.8 Å². The molecule has 0 unspecified atom stereocenters. The molecule has 0 N–H and O–H groups in total. The van der Waals surface area contributed by atoms with E-state index in [0.717, 1.165) is 17.4 Å². The first-order chi connectivity index (χ1) is 16.2. The zero-order valence-electron chi connectivity index (χ0n) is 19.9. The minimum absolute atomic E-state index is 0.213. The zero-order valence-corrected chi connectivity index (χ0v) is 19.9. The Morgan fingerprint density at radius 3 is 2.42 bits per heavy atom. The highest BCUT2D eigenvalue weighted by Crippen LogP contribution is 2.37. The van der Waals surface area contributed by atoms with Crippen LogP contribution in [0.1, 0.15) is 86.5 Å². The largest absolute Gasteiger partial charge is 0.205 e. The van der Waals surface area contributed by atoms with E-state index < -0.39 is 0 Å². The van der Waals surface area contributed by atoms with Crippen LogP contribution in [0, 0.1) is 23.6 Å². The van der Waals surface area contributed by atoms with Crippen molar-refractivity contribution in [1.29, 1.82) is 0 Å². The van der Waals surface area contributed by atoms with E-state index in [1.165, 1.54) is 62.5 Å². The normalized spacial score (nSPS) is 18.0. The Kier molecular flexibility index (Phi) is 8.01. The van der Waals surface area contributed by atoms with Crippen LogP contribution >= 0.6 is 0 Å². The Bertz CT molecular complexity index is 1130. The van der Waals surface area contributed by atoms with Crippen LogP contribution in [0.15, 0.2) is 67.3 Å². The third kappa shape index (κ3) is 5.94. The first-order valence-electron chi connectivity index (χ1n) is 12.6. The summed E-state index contributed by atoms with van der Waals surface area (Å²) in [6.07, 6.45) is 13.1. The number of fused-ring (bicyclic) bond motifs is 1. The van der Waals surface area contributed by atoms with Crippen molar-refractivity contribution in [2.45, 2.75) is 70.6 Å². The molecule has 0 saturated heterocycles. The van der Waals surface area contributed by atoms with Gasteiger partial charge in [0.05, 0.1) is 5.56 Å². The minimum atomic E-state index is -0.213. The van der Waals surface area contributed by atoms with Gasteiger partial charge in [-0.1, -0.05) is 80.5 Å². The summed E-state index contributed by atoms with van der Waals surface area (Å²) in [7, 11) is 0. The molecule has 0 atom stereocenters. The molecule has 3 aromatic rings. The number of benzene rings is 3. The Hall–Kier alpha value is -2.85. The minimum Gasteiger partial charge on any atom is -0.205 e. The van der Waals surface area contributed by atoms with E-state index >= 15 is 4.39 Å².